The van der Waals surface area contributed by atoms with Crippen LogP contribution in [0.1, 0.15) is 44.3 Å². The highest BCUT2D eigenvalue weighted by atomic mass is 16.5. The van der Waals surface area contributed by atoms with E-state index in [9.17, 15) is 0 Å². The highest BCUT2D eigenvalue weighted by Gasteiger charge is 2.28. The van der Waals surface area contributed by atoms with E-state index in [0.717, 1.165) is 30.1 Å². The average Bonchev–Trinajstić information content (AvgIpc) is 2.57. The molecular formula is C19H29N3O. The topological polar surface area (TPSA) is 47.0 Å². The average molecular weight is 315 g/mol. The van der Waals surface area contributed by atoms with Gasteiger partial charge < -0.3 is 10.1 Å². The number of ether oxygens (including phenoxy) is 1. The minimum atomic E-state index is 0.0923. The van der Waals surface area contributed by atoms with E-state index in [0.29, 0.717) is 11.8 Å². The molecule has 1 heterocycles. The lowest BCUT2D eigenvalue weighted by atomic mass is 9.78. The summed E-state index contributed by atoms with van der Waals surface area (Å²) in [6.07, 6.45) is 8.63. The van der Waals surface area contributed by atoms with Gasteiger partial charge in [-0.3, -0.25) is 0 Å². The molecule has 2 rings (SSSR count). The first-order valence-corrected chi connectivity index (χ1v) is 8.42. The van der Waals surface area contributed by atoms with Crippen LogP contribution in [0.3, 0.4) is 0 Å². The second kappa shape index (κ2) is 7.73. The molecule has 1 aliphatic carbocycles. The highest BCUT2D eigenvalue weighted by molar-refractivity contribution is 5.67. The second-order valence-electron chi connectivity index (χ2n) is 6.36. The molecule has 1 aromatic heterocycles. The van der Waals surface area contributed by atoms with E-state index in [1.165, 1.54) is 11.1 Å². The van der Waals surface area contributed by atoms with E-state index in [2.05, 4.69) is 48.2 Å². The Morgan fingerprint density at radius 3 is 2.87 bits per heavy atom. The van der Waals surface area contributed by atoms with Crippen molar-refractivity contribution in [1.82, 2.24) is 15.3 Å². The first-order chi connectivity index (χ1) is 11.0. The SMILES string of the molecule is CCC1=CC(C(C)C(/C=C(/C)NC)OC)Cc2cnc(C)nc21. The Morgan fingerprint density at radius 1 is 1.52 bits per heavy atom. The third-order valence-electron chi connectivity index (χ3n) is 4.82. The Kier molecular flexibility index (Phi) is 5.94. The smallest absolute Gasteiger partial charge is 0.125 e. The quantitative estimate of drug-likeness (QED) is 0.872. The lowest BCUT2D eigenvalue weighted by Crippen LogP contribution is -2.29. The Bertz CT molecular complexity index is 607. The summed E-state index contributed by atoms with van der Waals surface area (Å²) in [5, 5.41) is 3.18. The standard InChI is InChI=1S/C19H29N3O/c1-7-15-9-16(10-17-11-21-14(4)22-19(15)17)13(3)18(23-6)8-12(2)20-5/h8-9,11,13,16,18,20H,7,10H2,1-6H3/b12-8-. The first-order valence-electron chi connectivity index (χ1n) is 8.42. The molecule has 126 valence electrons. The van der Waals surface area contributed by atoms with Crippen molar-refractivity contribution in [3.05, 3.63) is 41.1 Å². The summed E-state index contributed by atoms with van der Waals surface area (Å²) in [4.78, 5) is 9.04. The van der Waals surface area contributed by atoms with Gasteiger partial charge in [0.15, 0.2) is 0 Å². The highest BCUT2D eigenvalue weighted by Crippen LogP contribution is 2.35. The Balaban J connectivity index is 2.29. The molecule has 0 radical (unpaired) electrons. The van der Waals surface area contributed by atoms with Crippen molar-refractivity contribution >= 4 is 5.57 Å². The van der Waals surface area contributed by atoms with Crippen molar-refractivity contribution in [3.8, 4) is 0 Å². The van der Waals surface area contributed by atoms with Crippen molar-refractivity contribution in [3.63, 3.8) is 0 Å². The molecule has 0 saturated carbocycles. The maximum Gasteiger partial charge on any atom is 0.125 e. The van der Waals surface area contributed by atoms with Crippen molar-refractivity contribution in [2.24, 2.45) is 11.8 Å². The number of hydrogen-bond acceptors (Lipinski definition) is 4. The van der Waals surface area contributed by atoms with E-state index in [1.54, 1.807) is 7.11 Å². The Hall–Kier alpha value is -1.68. The zero-order chi connectivity index (χ0) is 17.0. The number of fused-ring (bicyclic) bond motifs is 1. The van der Waals surface area contributed by atoms with Crippen LogP contribution < -0.4 is 5.32 Å². The van der Waals surface area contributed by atoms with Crippen LogP contribution >= 0.6 is 0 Å². The number of aromatic nitrogens is 2. The number of methoxy groups -OCH3 is 1. The molecule has 0 aliphatic heterocycles. The van der Waals surface area contributed by atoms with Gasteiger partial charge in [-0.2, -0.15) is 0 Å². The predicted octanol–water partition coefficient (Wildman–Crippen LogP) is 3.53. The summed E-state index contributed by atoms with van der Waals surface area (Å²) < 4.78 is 5.74. The summed E-state index contributed by atoms with van der Waals surface area (Å²) >= 11 is 0. The van der Waals surface area contributed by atoms with Crippen molar-refractivity contribution < 1.29 is 4.74 Å². The van der Waals surface area contributed by atoms with E-state index in [4.69, 9.17) is 4.74 Å². The maximum absolute atomic E-state index is 5.74. The molecule has 1 aliphatic rings. The molecule has 1 aromatic rings. The molecule has 0 amide bonds. The van der Waals surface area contributed by atoms with Crippen LogP contribution in [0, 0.1) is 18.8 Å². The monoisotopic (exact) mass is 315 g/mol. The number of rotatable bonds is 6. The lowest BCUT2D eigenvalue weighted by molar-refractivity contribution is 0.0781. The van der Waals surface area contributed by atoms with Gasteiger partial charge >= 0.3 is 0 Å². The van der Waals surface area contributed by atoms with Gasteiger partial charge in [-0.15, -0.1) is 0 Å². The summed E-state index contributed by atoms with van der Waals surface area (Å²) in [6, 6.07) is 0. The van der Waals surface area contributed by atoms with Gasteiger partial charge in [0, 0.05) is 26.1 Å². The summed E-state index contributed by atoms with van der Waals surface area (Å²) in [5.74, 6) is 1.67. The summed E-state index contributed by atoms with van der Waals surface area (Å²) in [6.45, 7) is 8.48. The molecule has 0 saturated heterocycles. The minimum absolute atomic E-state index is 0.0923. The fraction of sp³-hybridized carbons (Fsp3) is 0.579. The van der Waals surface area contributed by atoms with Crippen LogP contribution in [0.4, 0.5) is 0 Å². The molecule has 3 atom stereocenters. The van der Waals surface area contributed by atoms with Gasteiger partial charge in [0.25, 0.3) is 0 Å². The van der Waals surface area contributed by atoms with Crippen molar-refractivity contribution in [2.75, 3.05) is 14.2 Å². The van der Waals surface area contributed by atoms with Gasteiger partial charge in [-0.1, -0.05) is 19.9 Å². The van der Waals surface area contributed by atoms with Gasteiger partial charge in [-0.05, 0) is 55.7 Å². The summed E-state index contributed by atoms with van der Waals surface area (Å²) in [7, 11) is 3.73. The van der Waals surface area contributed by atoms with Gasteiger partial charge in [0.1, 0.15) is 5.82 Å². The number of hydrogen-bond donors (Lipinski definition) is 1. The Labute approximate surface area is 140 Å². The largest absolute Gasteiger partial charge is 0.392 e. The molecule has 4 heteroatoms. The molecule has 4 nitrogen and oxygen atoms in total. The van der Waals surface area contributed by atoms with Gasteiger partial charge in [-0.25, -0.2) is 9.97 Å². The molecule has 1 N–H and O–H groups in total. The first kappa shape index (κ1) is 17.7. The van der Waals surface area contributed by atoms with Gasteiger partial charge in [0.2, 0.25) is 0 Å². The van der Waals surface area contributed by atoms with Gasteiger partial charge in [0.05, 0.1) is 11.8 Å². The number of nitrogens with zero attached hydrogens (tertiary/aromatic N) is 2. The summed E-state index contributed by atoms with van der Waals surface area (Å²) in [5.41, 5.74) is 4.87. The van der Waals surface area contributed by atoms with Crippen LogP contribution in [0.25, 0.3) is 5.57 Å². The maximum atomic E-state index is 5.74. The molecular weight excluding hydrogens is 286 g/mol. The molecule has 0 fully saturated rings. The third-order valence-corrected chi connectivity index (χ3v) is 4.82. The van der Waals surface area contributed by atoms with Crippen molar-refractivity contribution in [2.45, 2.75) is 46.6 Å². The van der Waals surface area contributed by atoms with E-state index in [-0.39, 0.29) is 6.10 Å². The Morgan fingerprint density at radius 2 is 2.26 bits per heavy atom. The molecule has 23 heavy (non-hydrogen) atoms. The van der Waals surface area contributed by atoms with Crippen LogP contribution in [0.5, 0.6) is 0 Å². The van der Waals surface area contributed by atoms with Crippen LogP contribution in [0.15, 0.2) is 24.0 Å². The van der Waals surface area contributed by atoms with Crippen molar-refractivity contribution in [1.29, 1.82) is 0 Å². The van der Waals surface area contributed by atoms with Crippen LogP contribution in [-0.2, 0) is 11.2 Å². The zero-order valence-corrected chi connectivity index (χ0v) is 15.2. The van der Waals surface area contributed by atoms with Crippen LogP contribution in [0.2, 0.25) is 0 Å². The predicted molar refractivity (Wildman–Crippen MR) is 95.0 cm³/mol. The number of nitrogens with one attached hydrogen (secondary N) is 1. The van der Waals surface area contributed by atoms with Crippen LogP contribution in [-0.4, -0.2) is 30.2 Å². The van der Waals surface area contributed by atoms with E-state index >= 15 is 0 Å². The lowest BCUT2D eigenvalue weighted by Gasteiger charge is -2.31. The number of aryl methyl sites for hydroxylation is 1. The third kappa shape index (κ3) is 3.99. The fourth-order valence-electron chi connectivity index (χ4n) is 3.20. The molecule has 0 aromatic carbocycles. The normalized spacial score (nSPS) is 20.5. The second-order valence-corrected chi connectivity index (χ2v) is 6.36. The van der Waals surface area contributed by atoms with E-state index < -0.39 is 0 Å². The number of allylic oxidation sites excluding steroid dienone is 3. The zero-order valence-electron chi connectivity index (χ0n) is 15.2. The van der Waals surface area contributed by atoms with E-state index in [1.807, 2.05) is 20.2 Å². The molecule has 0 spiro atoms. The molecule has 3 unspecified atom stereocenters. The minimum Gasteiger partial charge on any atom is -0.392 e. The fourth-order valence-corrected chi connectivity index (χ4v) is 3.20. The molecule has 0 bridgehead atoms.